The van der Waals surface area contributed by atoms with Gasteiger partial charge in [0, 0.05) is 52.7 Å². The average molecular weight is 530 g/mol. The van der Waals surface area contributed by atoms with Crippen LogP contribution in [0.1, 0.15) is 19.4 Å². The van der Waals surface area contributed by atoms with Gasteiger partial charge in [0.15, 0.2) is 0 Å². The molecule has 2 unspecified atom stereocenters. The van der Waals surface area contributed by atoms with Gasteiger partial charge in [-0.2, -0.15) is 0 Å². The maximum atomic E-state index is 15.2. The fourth-order valence-electron chi connectivity index (χ4n) is 3.66. The Bertz CT molecular complexity index is 1100. The van der Waals surface area contributed by atoms with Gasteiger partial charge >= 0.3 is 13.9 Å². The topological polar surface area (TPSA) is 129 Å². The molecule has 3 rings (SSSR count). The molecule has 13 heteroatoms. The summed E-state index contributed by atoms with van der Waals surface area (Å²) < 4.78 is 47.1. The molecule has 2 fully saturated rings. The SMILES string of the molecule is C=C(C)/C=C(\C=N/C(C)N1CCS(=O)CC1)c1ccc(N2CC(COP(=O)(O)O)OC2=O)cc1F. The van der Waals surface area contributed by atoms with Crippen LogP contribution in [-0.2, 0) is 24.6 Å². The molecule has 2 aliphatic heterocycles. The molecule has 1 aromatic carbocycles. The fraction of sp³-hybridized carbons (Fsp3) is 0.455. The summed E-state index contributed by atoms with van der Waals surface area (Å²) >= 11 is 0. The van der Waals surface area contributed by atoms with Crippen molar-refractivity contribution in [2.24, 2.45) is 4.99 Å². The summed E-state index contributed by atoms with van der Waals surface area (Å²) in [7, 11) is -5.49. The third-order valence-corrected chi connectivity index (χ3v) is 7.21. The first-order valence-corrected chi connectivity index (χ1v) is 13.9. The highest BCUT2D eigenvalue weighted by atomic mass is 32.2. The van der Waals surface area contributed by atoms with Crippen LogP contribution in [0.15, 0.2) is 41.4 Å². The van der Waals surface area contributed by atoms with Crippen LogP contribution in [-0.4, -0.2) is 81.2 Å². The standard InChI is InChI=1S/C22H29FN3O7PS/c1-15(2)10-17(12-24-16(3)25-6-8-35(31)9-7-25)20-5-4-18(11-21(20)23)26-13-19(33-22(26)27)14-32-34(28,29)30/h4-5,10-12,16,19H,1,6-9,13-14H2,2-3H3,(H2,28,29,30)/b17-10+,24-12-. The number of aliphatic imine (C=N–C) groups is 1. The summed E-state index contributed by atoms with van der Waals surface area (Å²) in [5.74, 6) is 0.621. The molecule has 2 aliphatic rings. The Kier molecular flexibility index (Phi) is 9.14. The Morgan fingerprint density at radius 1 is 1.43 bits per heavy atom. The third-order valence-electron chi connectivity index (χ3n) is 5.45. The van der Waals surface area contributed by atoms with Gasteiger partial charge < -0.3 is 14.5 Å². The van der Waals surface area contributed by atoms with E-state index in [0.717, 1.165) is 0 Å². The number of anilines is 1. The zero-order valence-electron chi connectivity index (χ0n) is 19.5. The molecule has 2 atom stereocenters. The lowest BCUT2D eigenvalue weighted by Gasteiger charge is -2.29. The highest BCUT2D eigenvalue weighted by Gasteiger charge is 2.34. The van der Waals surface area contributed by atoms with Crippen LogP contribution < -0.4 is 4.90 Å². The lowest BCUT2D eigenvalue weighted by Crippen LogP contribution is -2.42. The van der Waals surface area contributed by atoms with Crippen molar-refractivity contribution in [3.63, 3.8) is 0 Å². The Balaban J connectivity index is 1.75. The lowest BCUT2D eigenvalue weighted by molar-refractivity contribution is 0.0880. The zero-order valence-corrected chi connectivity index (χ0v) is 21.2. The van der Waals surface area contributed by atoms with Crippen molar-refractivity contribution in [3.05, 3.63) is 47.8 Å². The minimum atomic E-state index is -4.71. The summed E-state index contributed by atoms with van der Waals surface area (Å²) in [6.07, 6.45) is 1.45. The predicted octanol–water partition coefficient (Wildman–Crippen LogP) is 2.70. The Morgan fingerprint density at radius 2 is 2.11 bits per heavy atom. The molecule has 2 heterocycles. The van der Waals surface area contributed by atoms with Crippen molar-refractivity contribution in [1.82, 2.24) is 4.90 Å². The van der Waals surface area contributed by atoms with Crippen molar-refractivity contribution in [3.8, 4) is 0 Å². The van der Waals surface area contributed by atoms with Crippen LogP contribution in [0, 0.1) is 5.82 Å². The number of carbonyl (C=O) groups excluding carboxylic acids is 1. The van der Waals surface area contributed by atoms with Crippen LogP contribution in [0.25, 0.3) is 5.57 Å². The molecule has 2 N–H and O–H groups in total. The van der Waals surface area contributed by atoms with Crippen molar-refractivity contribution in [2.75, 3.05) is 42.6 Å². The quantitative estimate of drug-likeness (QED) is 0.284. The van der Waals surface area contributed by atoms with E-state index < -0.39 is 43.2 Å². The monoisotopic (exact) mass is 529 g/mol. The van der Waals surface area contributed by atoms with Crippen molar-refractivity contribution in [2.45, 2.75) is 26.1 Å². The number of carbonyl (C=O) groups is 1. The normalized spacial score (nSPS) is 21.5. The molecule has 0 radical (unpaired) electrons. The first-order chi connectivity index (χ1) is 16.4. The fourth-order valence-corrected chi connectivity index (χ4v) is 5.10. The van der Waals surface area contributed by atoms with E-state index in [1.165, 1.54) is 17.0 Å². The molecule has 0 aromatic heterocycles. The largest absolute Gasteiger partial charge is 0.469 e. The van der Waals surface area contributed by atoms with Gasteiger partial charge in [0.2, 0.25) is 0 Å². The highest BCUT2D eigenvalue weighted by molar-refractivity contribution is 7.85. The molecule has 1 aromatic rings. The van der Waals surface area contributed by atoms with Crippen LogP contribution in [0.5, 0.6) is 0 Å². The highest BCUT2D eigenvalue weighted by Crippen LogP contribution is 2.36. The zero-order chi connectivity index (χ0) is 25.8. The number of ether oxygens (including phenoxy) is 1. The van der Waals surface area contributed by atoms with Crippen LogP contribution in [0.4, 0.5) is 14.9 Å². The van der Waals surface area contributed by atoms with E-state index in [2.05, 4.69) is 21.0 Å². The van der Waals surface area contributed by atoms with E-state index in [9.17, 15) is 13.6 Å². The predicted molar refractivity (Wildman–Crippen MR) is 132 cm³/mol. The first-order valence-electron chi connectivity index (χ1n) is 10.9. The molecule has 10 nitrogen and oxygen atoms in total. The van der Waals surface area contributed by atoms with Gasteiger partial charge in [0.25, 0.3) is 0 Å². The maximum absolute atomic E-state index is 15.2. The van der Waals surface area contributed by atoms with E-state index >= 15 is 4.39 Å². The first kappa shape index (κ1) is 27.4. The second-order valence-corrected chi connectivity index (χ2v) is 11.2. The van der Waals surface area contributed by atoms with E-state index in [-0.39, 0.29) is 24.0 Å². The second kappa shape index (κ2) is 11.7. The summed E-state index contributed by atoms with van der Waals surface area (Å²) in [6, 6.07) is 4.26. The number of amides is 1. The summed E-state index contributed by atoms with van der Waals surface area (Å²) in [6.45, 7) is 8.40. The molecule has 0 saturated carbocycles. The molecule has 1 amide bonds. The third kappa shape index (κ3) is 7.89. The van der Waals surface area contributed by atoms with Crippen LogP contribution in [0.2, 0.25) is 0 Å². The molecule has 0 bridgehead atoms. The summed E-state index contributed by atoms with van der Waals surface area (Å²) in [5.41, 5.74) is 1.70. The second-order valence-electron chi connectivity index (χ2n) is 8.31. The molecular weight excluding hydrogens is 500 g/mol. The molecule has 0 aliphatic carbocycles. The van der Waals surface area contributed by atoms with Gasteiger partial charge in [0.05, 0.1) is 25.0 Å². The van der Waals surface area contributed by atoms with Gasteiger partial charge in [-0.3, -0.25) is 23.5 Å². The lowest BCUT2D eigenvalue weighted by atomic mass is 10.0. The van der Waals surface area contributed by atoms with Gasteiger partial charge in [0.1, 0.15) is 11.9 Å². The number of allylic oxidation sites excluding steroid dienone is 3. The van der Waals surface area contributed by atoms with Crippen molar-refractivity contribution < 1.29 is 37.0 Å². The van der Waals surface area contributed by atoms with Crippen LogP contribution >= 0.6 is 7.82 Å². The Labute approximate surface area is 205 Å². The number of hydrogen-bond acceptors (Lipinski definition) is 7. The maximum Gasteiger partial charge on any atom is 0.469 e. The van der Waals surface area contributed by atoms with Gasteiger partial charge in [-0.1, -0.05) is 18.2 Å². The van der Waals surface area contributed by atoms with Crippen molar-refractivity contribution >= 4 is 42.2 Å². The molecular formula is C22H29FN3O7PS. The van der Waals surface area contributed by atoms with E-state index in [1.54, 1.807) is 25.3 Å². The Hall–Kier alpha value is -2.21. The minimum Gasteiger partial charge on any atom is -0.441 e. The number of cyclic esters (lactones) is 1. The minimum absolute atomic E-state index is 0.0499. The number of halogens is 1. The number of hydrogen-bond donors (Lipinski definition) is 2. The van der Waals surface area contributed by atoms with Crippen molar-refractivity contribution in [1.29, 1.82) is 0 Å². The summed E-state index contributed by atoms with van der Waals surface area (Å²) in [4.78, 5) is 37.7. The number of benzene rings is 1. The van der Waals surface area contributed by atoms with E-state index in [4.69, 9.17) is 14.5 Å². The Morgan fingerprint density at radius 3 is 2.71 bits per heavy atom. The average Bonchev–Trinajstić information content (AvgIpc) is 3.15. The molecule has 35 heavy (non-hydrogen) atoms. The smallest absolute Gasteiger partial charge is 0.441 e. The molecule has 192 valence electrons. The summed E-state index contributed by atoms with van der Waals surface area (Å²) in [5, 5.41) is 0. The van der Waals surface area contributed by atoms with Gasteiger partial charge in [-0.15, -0.1) is 0 Å². The van der Waals surface area contributed by atoms with E-state index in [0.29, 0.717) is 35.7 Å². The number of rotatable bonds is 9. The van der Waals surface area contributed by atoms with Gasteiger partial charge in [-0.25, -0.2) is 13.8 Å². The van der Waals surface area contributed by atoms with E-state index in [1.807, 2.05) is 6.92 Å². The molecule has 2 saturated heterocycles. The number of phosphoric ester groups is 1. The van der Waals surface area contributed by atoms with Crippen LogP contribution in [0.3, 0.4) is 0 Å². The molecule has 0 spiro atoms. The number of nitrogens with zero attached hydrogens (tertiary/aromatic N) is 3. The van der Waals surface area contributed by atoms with Gasteiger partial charge in [-0.05, 0) is 32.0 Å². The number of phosphoric acid groups is 1.